The Morgan fingerprint density at radius 3 is 2.21 bits per heavy atom. The van der Waals surface area contributed by atoms with Gasteiger partial charge in [-0.05, 0) is 23.6 Å². The molecule has 3 fully saturated rings. The number of Topliss-reactive ketones (excluding diaryl/α,β-unsaturated/α-hetero) is 2. The van der Waals surface area contributed by atoms with Crippen molar-refractivity contribution in [2.45, 2.75) is 18.8 Å². The summed E-state index contributed by atoms with van der Waals surface area (Å²) in [6, 6.07) is 7.45. The second-order valence-electron chi connectivity index (χ2n) is 8.73. The first-order chi connectivity index (χ1) is 16.0. The summed E-state index contributed by atoms with van der Waals surface area (Å²) >= 11 is 5.93. The molecule has 2 heterocycles. The van der Waals surface area contributed by atoms with Crippen LogP contribution in [0.5, 0.6) is 0 Å². The Labute approximate surface area is 199 Å². The van der Waals surface area contributed by atoms with Crippen LogP contribution in [0.15, 0.2) is 36.0 Å². The van der Waals surface area contributed by atoms with Gasteiger partial charge < -0.3 is 19.9 Å². The molecule has 1 aliphatic carbocycles. The Balaban J connectivity index is 1.18. The summed E-state index contributed by atoms with van der Waals surface area (Å²) in [6.45, 7) is 7.02. The molecule has 1 aromatic rings. The second kappa shape index (κ2) is 11.1. The van der Waals surface area contributed by atoms with Gasteiger partial charge in [-0.1, -0.05) is 23.7 Å². The zero-order valence-corrected chi connectivity index (χ0v) is 19.6. The molecule has 0 aromatic heterocycles. The van der Waals surface area contributed by atoms with E-state index in [0.717, 1.165) is 25.2 Å². The van der Waals surface area contributed by atoms with Crippen molar-refractivity contribution in [2.24, 2.45) is 0 Å². The van der Waals surface area contributed by atoms with E-state index in [0.29, 0.717) is 63.8 Å². The molecule has 178 valence electrons. The molecule has 0 spiro atoms. The minimum atomic E-state index is -0.117. The quantitative estimate of drug-likeness (QED) is 0.399. The molecule has 0 atom stereocenters. The second-order valence-corrected chi connectivity index (χ2v) is 9.16. The lowest BCUT2D eigenvalue weighted by Gasteiger charge is -2.38. The largest absolute Gasteiger partial charge is 0.389 e. The highest BCUT2D eigenvalue weighted by molar-refractivity contribution is 6.30. The fourth-order valence-electron chi connectivity index (χ4n) is 4.54. The molecule has 2 saturated heterocycles. The van der Waals surface area contributed by atoms with Crippen LogP contribution in [0, 0.1) is 0 Å². The summed E-state index contributed by atoms with van der Waals surface area (Å²) in [6.07, 6.45) is 2.25. The van der Waals surface area contributed by atoms with Crippen molar-refractivity contribution < 1.29 is 19.1 Å². The van der Waals surface area contributed by atoms with Gasteiger partial charge in [0.05, 0.1) is 18.8 Å². The molecule has 9 heteroatoms. The van der Waals surface area contributed by atoms with Crippen LogP contribution in [0.25, 0.3) is 0 Å². The number of piperazine rings is 1. The van der Waals surface area contributed by atoms with Gasteiger partial charge >= 0.3 is 6.03 Å². The molecule has 33 heavy (non-hydrogen) atoms. The van der Waals surface area contributed by atoms with Crippen molar-refractivity contribution in [3.63, 3.8) is 0 Å². The predicted molar refractivity (Wildman–Crippen MR) is 125 cm³/mol. The van der Waals surface area contributed by atoms with E-state index in [4.69, 9.17) is 16.3 Å². The average Bonchev–Trinajstić information content (AvgIpc) is 2.84. The van der Waals surface area contributed by atoms with Gasteiger partial charge in [-0.25, -0.2) is 4.79 Å². The number of ether oxygens (including phenoxy) is 1. The maximum Gasteiger partial charge on any atom is 0.320 e. The van der Waals surface area contributed by atoms with E-state index in [1.54, 1.807) is 18.3 Å². The zero-order chi connectivity index (χ0) is 23.2. The van der Waals surface area contributed by atoms with E-state index in [1.807, 2.05) is 21.9 Å². The SMILES string of the molecule is O=C1CC(c2ccc(Cl)cc2)CC(=O)C1=CNCCN1CCN(C(=O)N2CCOCC2)CC1. The summed E-state index contributed by atoms with van der Waals surface area (Å²) in [5.41, 5.74) is 1.24. The van der Waals surface area contributed by atoms with Crippen molar-refractivity contribution in [1.82, 2.24) is 20.0 Å². The molecule has 2 aliphatic heterocycles. The van der Waals surface area contributed by atoms with Crippen LogP contribution in [-0.2, 0) is 14.3 Å². The number of nitrogens with one attached hydrogen (secondary N) is 1. The third kappa shape index (κ3) is 6.13. The van der Waals surface area contributed by atoms with Gasteiger partial charge in [-0.3, -0.25) is 14.5 Å². The van der Waals surface area contributed by atoms with Crippen LogP contribution in [0.2, 0.25) is 5.02 Å². The van der Waals surface area contributed by atoms with Crippen molar-refractivity contribution in [3.05, 3.63) is 46.6 Å². The van der Waals surface area contributed by atoms with Crippen LogP contribution in [-0.4, -0.2) is 97.9 Å². The Hall–Kier alpha value is -2.42. The van der Waals surface area contributed by atoms with Crippen LogP contribution in [0.3, 0.4) is 0 Å². The molecule has 4 rings (SSSR count). The number of nitrogens with zero attached hydrogens (tertiary/aromatic N) is 3. The third-order valence-electron chi connectivity index (χ3n) is 6.55. The minimum absolute atomic E-state index is 0.0871. The Bertz CT molecular complexity index is 870. The molecule has 0 bridgehead atoms. The number of rotatable bonds is 5. The summed E-state index contributed by atoms with van der Waals surface area (Å²) in [7, 11) is 0. The molecule has 1 N–H and O–H groups in total. The number of halogens is 1. The van der Waals surface area contributed by atoms with E-state index >= 15 is 0 Å². The number of allylic oxidation sites excluding steroid dienone is 1. The zero-order valence-electron chi connectivity index (χ0n) is 18.8. The van der Waals surface area contributed by atoms with Crippen molar-refractivity contribution in [2.75, 3.05) is 65.6 Å². The van der Waals surface area contributed by atoms with Crippen LogP contribution in [0.1, 0.15) is 24.3 Å². The normalized spacial score (nSPS) is 22.5. The smallest absolute Gasteiger partial charge is 0.320 e. The summed E-state index contributed by atoms with van der Waals surface area (Å²) < 4.78 is 5.32. The topological polar surface area (TPSA) is 82.2 Å². The molecule has 0 radical (unpaired) electrons. The highest BCUT2D eigenvalue weighted by Crippen LogP contribution is 2.31. The highest BCUT2D eigenvalue weighted by atomic mass is 35.5. The summed E-state index contributed by atoms with van der Waals surface area (Å²) in [5, 5.41) is 3.79. The molecule has 0 unspecified atom stereocenters. The van der Waals surface area contributed by atoms with E-state index in [1.165, 1.54) is 0 Å². The highest BCUT2D eigenvalue weighted by Gasteiger charge is 2.31. The van der Waals surface area contributed by atoms with Gasteiger partial charge in [0.2, 0.25) is 0 Å². The fraction of sp³-hybridized carbons (Fsp3) is 0.542. The number of morpholine rings is 1. The maximum atomic E-state index is 12.6. The first-order valence-electron chi connectivity index (χ1n) is 11.6. The number of hydrogen-bond donors (Lipinski definition) is 1. The summed E-state index contributed by atoms with van der Waals surface area (Å²) in [4.78, 5) is 43.8. The van der Waals surface area contributed by atoms with E-state index in [2.05, 4.69) is 10.2 Å². The minimum Gasteiger partial charge on any atom is -0.389 e. The number of amides is 2. The van der Waals surface area contributed by atoms with Crippen LogP contribution < -0.4 is 5.32 Å². The van der Waals surface area contributed by atoms with E-state index in [9.17, 15) is 14.4 Å². The number of urea groups is 1. The molecule has 2 amide bonds. The van der Waals surface area contributed by atoms with E-state index < -0.39 is 0 Å². The van der Waals surface area contributed by atoms with E-state index in [-0.39, 0.29) is 29.1 Å². The Morgan fingerprint density at radius 1 is 0.970 bits per heavy atom. The lowest BCUT2D eigenvalue weighted by atomic mass is 9.80. The maximum absolute atomic E-state index is 12.6. The summed E-state index contributed by atoms with van der Waals surface area (Å²) in [5.74, 6) is -0.321. The average molecular weight is 475 g/mol. The Kier molecular flexibility index (Phi) is 8.01. The van der Waals surface area contributed by atoms with Gasteiger partial charge in [0.1, 0.15) is 0 Å². The number of carbonyl (C=O) groups excluding carboxylic acids is 3. The first-order valence-corrected chi connectivity index (χ1v) is 12.0. The number of hydrogen-bond acceptors (Lipinski definition) is 6. The first kappa shape index (κ1) is 23.7. The standard InChI is InChI=1S/C24H31ClN4O4/c25-20-3-1-18(2-4-20)19-15-22(30)21(23(31)16-19)17-26-5-6-27-7-9-28(10-8-27)24(32)29-11-13-33-14-12-29/h1-4,17,19,26H,5-16H2. The lowest BCUT2D eigenvalue weighted by molar-refractivity contribution is -0.124. The van der Waals surface area contributed by atoms with Crippen molar-refractivity contribution in [3.8, 4) is 0 Å². The van der Waals surface area contributed by atoms with Gasteiger partial charge in [-0.2, -0.15) is 0 Å². The van der Waals surface area contributed by atoms with Gasteiger partial charge in [0.15, 0.2) is 11.6 Å². The van der Waals surface area contributed by atoms with Crippen molar-refractivity contribution >= 4 is 29.2 Å². The lowest BCUT2D eigenvalue weighted by Crippen LogP contribution is -2.55. The van der Waals surface area contributed by atoms with Crippen LogP contribution in [0.4, 0.5) is 4.79 Å². The van der Waals surface area contributed by atoms with Gasteiger partial charge in [-0.15, -0.1) is 0 Å². The number of benzene rings is 1. The van der Waals surface area contributed by atoms with Crippen LogP contribution >= 0.6 is 11.6 Å². The monoisotopic (exact) mass is 474 g/mol. The van der Waals surface area contributed by atoms with Gasteiger partial charge in [0, 0.05) is 76.4 Å². The van der Waals surface area contributed by atoms with Crippen molar-refractivity contribution in [1.29, 1.82) is 0 Å². The Morgan fingerprint density at radius 2 is 1.58 bits per heavy atom. The van der Waals surface area contributed by atoms with Gasteiger partial charge in [0.25, 0.3) is 0 Å². The number of carbonyl (C=O) groups is 3. The molecule has 1 aromatic carbocycles. The molecular formula is C24H31ClN4O4. The molecule has 8 nitrogen and oxygen atoms in total. The number of ketones is 2. The molecular weight excluding hydrogens is 444 g/mol. The fourth-order valence-corrected chi connectivity index (χ4v) is 4.67. The molecule has 1 saturated carbocycles. The predicted octanol–water partition coefficient (Wildman–Crippen LogP) is 1.90. The molecule has 3 aliphatic rings. The third-order valence-corrected chi connectivity index (χ3v) is 6.80.